The van der Waals surface area contributed by atoms with E-state index < -0.39 is 0 Å². The van der Waals surface area contributed by atoms with Crippen molar-refractivity contribution in [3.63, 3.8) is 0 Å². The molecule has 0 radical (unpaired) electrons. The van der Waals surface area contributed by atoms with Gasteiger partial charge in [0.25, 0.3) is 0 Å². The Kier molecular flexibility index (Phi) is 6.02. The fourth-order valence-electron chi connectivity index (χ4n) is 7.39. The quantitative estimate of drug-likeness (QED) is 0.190. The molecule has 1 heterocycles. The molecule has 0 unspecified atom stereocenters. The fourth-order valence-corrected chi connectivity index (χ4v) is 7.39. The summed E-state index contributed by atoms with van der Waals surface area (Å²) in [5, 5.41) is 5.26. The van der Waals surface area contributed by atoms with E-state index in [-0.39, 0.29) is 0 Å². The summed E-state index contributed by atoms with van der Waals surface area (Å²) in [6.45, 7) is 0. The highest BCUT2D eigenvalue weighted by Gasteiger charge is 2.21. The molecule has 1 nitrogen and oxygen atoms in total. The number of rotatable bonds is 3. The zero-order chi connectivity index (χ0) is 29.7. The summed E-state index contributed by atoms with van der Waals surface area (Å²) in [5.74, 6) is 0. The first-order valence-electron chi connectivity index (χ1n) is 15.8. The first-order chi connectivity index (χ1) is 22.3. The molecule has 0 bridgehead atoms. The third kappa shape index (κ3) is 4.24. The van der Waals surface area contributed by atoms with Crippen LogP contribution >= 0.6 is 0 Å². The Morgan fingerprint density at radius 1 is 0.489 bits per heavy atom. The van der Waals surface area contributed by atoms with Gasteiger partial charge >= 0.3 is 0 Å². The van der Waals surface area contributed by atoms with Gasteiger partial charge in [-0.1, -0.05) is 127 Å². The standard InChI is InChI=1S/C44H31N/c1-2-12-30(13-3-1)40-28-34-29-41(37-17-7-9-19-39(37)44(34)38-18-8-6-16-36(38)40)31-24-26-35(27-25-31)45-42-20-10-4-14-32(42)22-23-33-15-5-11-21-43(33)45/h1-5,7-15,17-29H,6,16H2. The topological polar surface area (TPSA) is 3.24 Å². The summed E-state index contributed by atoms with van der Waals surface area (Å²) in [6.07, 6.45) is 11.3. The lowest BCUT2D eigenvalue weighted by Crippen LogP contribution is -2.11. The lowest BCUT2D eigenvalue weighted by molar-refractivity contribution is 0.992. The van der Waals surface area contributed by atoms with E-state index in [2.05, 4.69) is 169 Å². The van der Waals surface area contributed by atoms with Crippen molar-refractivity contribution in [3.05, 3.63) is 168 Å². The van der Waals surface area contributed by atoms with E-state index in [0.717, 1.165) is 18.5 Å². The van der Waals surface area contributed by atoms with Gasteiger partial charge in [0.2, 0.25) is 0 Å². The molecule has 1 aliphatic heterocycles. The van der Waals surface area contributed by atoms with Crippen LogP contribution in [0, 0.1) is 0 Å². The van der Waals surface area contributed by atoms with Crippen LogP contribution in [-0.4, -0.2) is 0 Å². The summed E-state index contributed by atoms with van der Waals surface area (Å²) in [7, 11) is 0. The van der Waals surface area contributed by atoms with Crippen molar-refractivity contribution in [3.8, 4) is 22.3 Å². The van der Waals surface area contributed by atoms with Crippen LogP contribution in [0.15, 0.2) is 146 Å². The van der Waals surface area contributed by atoms with Crippen LogP contribution in [0.5, 0.6) is 0 Å². The molecule has 0 fully saturated rings. The van der Waals surface area contributed by atoms with Crippen LogP contribution in [0.3, 0.4) is 0 Å². The molecule has 212 valence electrons. The van der Waals surface area contributed by atoms with Crippen molar-refractivity contribution in [2.75, 3.05) is 4.90 Å². The second kappa shape index (κ2) is 10.5. The van der Waals surface area contributed by atoms with Gasteiger partial charge in [0.1, 0.15) is 0 Å². The molecular weight excluding hydrogens is 542 g/mol. The second-order valence-corrected chi connectivity index (χ2v) is 12.0. The van der Waals surface area contributed by atoms with Gasteiger partial charge in [-0.25, -0.2) is 0 Å². The van der Waals surface area contributed by atoms with Gasteiger partial charge in [0.05, 0.1) is 11.4 Å². The molecule has 2 aliphatic rings. The van der Waals surface area contributed by atoms with Crippen LogP contribution in [0.1, 0.15) is 28.7 Å². The summed E-state index contributed by atoms with van der Waals surface area (Å²) >= 11 is 0. The number of fused-ring (bicyclic) bond motifs is 7. The Labute approximate surface area is 264 Å². The van der Waals surface area contributed by atoms with Crippen molar-refractivity contribution in [2.24, 2.45) is 0 Å². The number of anilines is 3. The SMILES string of the molecule is C1=Cc2c(c(-c3ccccc3)cc3cc(-c4ccc(N5c6ccccc6C=Cc6ccccc65)cc4)c4ccccc4c23)CC1. The second-order valence-electron chi connectivity index (χ2n) is 12.0. The first-order valence-corrected chi connectivity index (χ1v) is 15.8. The maximum absolute atomic E-state index is 2.44. The van der Waals surface area contributed by atoms with Crippen molar-refractivity contribution in [2.45, 2.75) is 12.8 Å². The minimum atomic E-state index is 1.07. The molecule has 0 amide bonds. The number of allylic oxidation sites excluding steroid dienone is 1. The Morgan fingerprint density at radius 3 is 1.82 bits per heavy atom. The van der Waals surface area contributed by atoms with Crippen LogP contribution in [-0.2, 0) is 6.42 Å². The summed E-state index contributed by atoms with van der Waals surface area (Å²) in [4.78, 5) is 2.39. The molecule has 0 atom stereocenters. The lowest BCUT2D eigenvalue weighted by atomic mass is 9.82. The highest BCUT2D eigenvalue weighted by atomic mass is 15.1. The number of nitrogens with zero attached hydrogens (tertiary/aromatic N) is 1. The molecule has 7 aromatic rings. The molecule has 0 saturated carbocycles. The van der Waals surface area contributed by atoms with E-state index in [9.17, 15) is 0 Å². The Hall–Kier alpha value is -5.66. The fraction of sp³-hybridized carbons (Fsp3) is 0.0455. The van der Waals surface area contributed by atoms with E-state index in [1.165, 1.54) is 77.4 Å². The largest absolute Gasteiger partial charge is 0.309 e. The zero-order valence-electron chi connectivity index (χ0n) is 24.9. The molecule has 0 spiro atoms. The maximum atomic E-state index is 2.44. The van der Waals surface area contributed by atoms with Gasteiger partial charge in [-0.3, -0.25) is 0 Å². The van der Waals surface area contributed by atoms with Crippen LogP contribution in [0.4, 0.5) is 17.1 Å². The molecular formula is C44H31N. The normalized spacial score (nSPS) is 13.4. The van der Waals surface area contributed by atoms with E-state index in [4.69, 9.17) is 0 Å². The molecule has 45 heavy (non-hydrogen) atoms. The molecule has 7 aromatic carbocycles. The highest BCUT2D eigenvalue weighted by Crippen LogP contribution is 2.45. The van der Waals surface area contributed by atoms with Gasteiger partial charge in [0, 0.05) is 5.69 Å². The molecule has 0 aromatic heterocycles. The monoisotopic (exact) mass is 573 g/mol. The van der Waals surface area contributed by atoms with Gasteiger partial charge in [-0.15, -0.1) is 0 Å². The molecule has 1 heteroatoms. The summed E-state index contributed by atoms with van der Waals surface area (Å²) in [5.41, 5.74) is 13.9. The Morgan fingerprint density at radius 2 is 1.09 bits per heavy atom. The maximum Gasteiger partial charge on any atom is 0.0534 e. The van der Waals surface area contributed by atoms with Gasteiger partial charge in [0.15, 0.2) is 0 Å². The van der Waals surface area contributed by atoms with Crippen molar-refractivity contribution < 1.29 is 0 Å². The van der Waals surface area contributed by atoms with E-state index in [1.54, 1.807) is 0 Å². The van der Waals surface area contributed by atoms with Gasteiger partial charge in [-0.2, -0.15) is 0 Å². The van der Waals surface area contributed by atoms with Gasteiger partial charge in [-0.05, 0) is 115 Å². The highest BCUT2D eigenvalue weighted by molar-refractivity contribution is 6.18. The van der Waals surface area contributed by atoms with E-state index >= 15 is 0 Å². The summed E-state index contributed by atoms with van der Waals surface area (Å²) < 4.78 is 0. The first kappa shape index (κ1) is 25.8. The van der Waals surface area contributed by atoms with Crippen LogP contribution in [0.25, 0.3) is 62.0 Å². The predicted octanol–water partition coefficient (Wildman–Crippen LogP) is 12.2. The number of hydrogen-bond acceptors (Lipinski definition) is 1. The van der Waals surface area contributed by atoms with Crippen molar-refractivity contribution in [1.82, 2.24) is 0 Å². The number of hydrogen-bond donors (Lipinski definition) is 0. The smallest absolute Gasteiger partial charge is 0.0534 e. The lowest BCUT2D eigenvalue weighted by Gasteiger charge is -2.27. The van der Waals surface area contributed by atoms with Gasteiger partial charge < -0.3 is 4.90 Å². The average molecular weight is 574 g/mol. The Balaban J connectivity index is 1.23. The molecule has 0 N–H and O–H groups in total. The molecule has 0 saturated heterocycles. The average Bonchev–Trinajstić information content (AvgIpc) is 3.28. The predicted molar refractivity (Wildman–Crippen MR) is 193 cm³/mol. The number of benzene rings is 7. The minimum absolute atomic E-state index is 1.07. The third-order valence-electron chi connectivity index (χ3n) is 9.46. The third-order valence-corrected chi connectivity index (χ3v) is 9.46. The van der Waals surface area contributed by atoms with Crippen molar-refractivity contribution >= 4 is 56.8 Å². The number of para-hydroxylation sites is 2. The molecule has 1 aliphatic carbocycles. The van der Waals surface area contributed by atoms with E-state index in [1.807, 2.05) is 0 Å². The van der Waals surface area contributed by atoms with Crippen LogP contribution in [0.2, 0.25) is 0 Å². The zero-order valence-corrected chi connectivity index (χ0v) is 24.9. The Bertz CT molecular complexity index is 2260. The van der Waals surface area contributed by atoms with Crippen molar-refractivity contribution in [1.29, 1.82) is 0 Å². The van der Waals surface area contributed by atoms with Crippen LogP contribution < -0.4 is 4.90 Å². The molecule has 9 rings (SSSR count). The van der Waals surface area contributed by atoms with E-state index in [0.29, 0.717) is 0 Å². The summed E-state index contributed by atoms with van der Waals surface area (Å²) in [6, 6.07) is 51.1. The minimum Gasteiger partial charge on any atom is -0.309 e.